The molecule has 0 radical (unpaired) electrons. The van der Waals surface area contributed by atoms with Gasteiger partial charge in [-0.25, -0.2) is 0 Å². The Kier molecular flexibility index (Phi) is 7.54. The lowest BCUT2D eigenvalue weighted by atomic mass is 10.2. The third kappa shape index (κ3) is 5.77. The van der Waals surface area contributed by atoms with Crippen molar-refractivity contribution in [2.75, 3.05) is 25.6 Å². The third-order valence-corrected chi connectivity index (χ3v) is 5.71. The molecule has 31 heavy (non-hydrogen) atoms. The van der Waals surface area contributed by atoms with Crippen molar-refractivity contribution in [1.29, 1.82) is 5.26 Å². The van der Waals surface area contributed by atoms with Crippen LogP contribution in [0.15, 0.2) is 47.4 Å². The molecule has 3 amide bonds. The van der Waals surface area contributed by atoms with Crippen LogP contribution >= 0.6 is 34.4 Å². The fourth-order valence-electron chi connectivity index (χ4n) is 2.67. The van der Waals surface area contributed by atoms with Gasteiger partial charge in [0.05, 0.1) is 12.0 Å². The van der Waals surface area contributed by atoms with Gasteiger partial charge in [-0.3, -0.25) is 19.3 Å². The number of hydrogen-bond donors (Lipinski definition) is 1. The Hall–Kier alpha value is -3.04. The van der Waals surface area contributed by atoms with Gasteiger partial charge in [-0.1, -0.05) is 6.07 Å². The van der Waals surface area contributed by atoms with E-state index < -0.39 is 17.1 Å². The Morgan fingerprint density at radius 1 is 1.23 bits per heavy atom. The normalized spacial score (nSPS) is 14.5. The number of carbonyl (C=O) groups excluding carboxylic acids is 3. The molecule has 1 fully saturated rings. The Morgan fingerprint density at radius 3 is 2.65 bits per heavy atom. The Labute approximate surface area is 196 Å². The van der Waals surface area contributed by atoms with Crippen LogP contribution < -0.4 is 14.8 Å². The van der Waals surface area contributed by atoms with Crippen molar-refractivity contribution in [2.45, 2.75) is 0 Å². The number of nitrogens with one attached hydrogen (secondary N) is 1. The number of amides is 3. The maximum atomic E-state index is 12.7. The molecular formula is C21H16IN3O5S. The summed E-state index contributed by atoms with van der Waals surface area (Å²) < 4.78 is 11.5. The molecule has 1 N–H and O–H groups in total. The summed E-state index contributed by atoms with van der Waals surface area (Å²) in [6.07, 6.45) is 1.54. The molecule has 0 atom stereocenters. The summed E-state index contributed by atoms with van der Waals surface area (Å²) in [5.74, 6) is -0.233. The molecule has 2 aromatic carbocycles. The zero-order valence-corrected chi connectivity index (χ0v) is 19.2. The highest BCUT2D eigenvalue weighted by Crippen LogP contribution is 2.34. The van der Waals surface area contributed by atoms with Gasteiger partial charge in [-0.2, -0.15) is 5.26 Å². The van der Waals surface area contributed by atoms with E-state index in [9.17, 15) is 14.4 Å². The molecule has 2 aromatic rings. The Balaban J connectivity index is 1.70. The highest BCUT2D eigenvalue weighted by Gasteiger charge is 2.36. The predicted molar refractivity (Wildman–Crippen MR) is 125 cm³/mol. The number of anilines is 1. The highest BCUT2D eigenvalue weighted by molar-refractivity contribution is 14.1. The summed E-state index contributed by atoms with van der Waals surface area (Å²) in [7, 11) is 1.46. The smallest absolute Gasteiger partial charge is 0.294 e. The van der Waals surface area contributed by atoms with Crippen LogP contribution in [0.4, 0.5) is 10.5 Å². The molecule has 8 nitrogen and oxygen atoms in total. The molecule has 0 saturated carbocycles. The molecule has 1 saturated heterocycles. The van der Waals surface area contributed by atoms with Crippen LogP contribution in [-0.2, 0) is 9.59 Å². The third-order valence-electron chi connectivity index (χ3n) is 4.08. The molecule has 0 spiro atoms. The van der Waals surface area contributed by atoms with Gasteiger partial charge in [0.15, 0.2) is 18.1 Å². The first-order valence-corrected chi connectivity index (χ1v) is 10.8. The molecular weight excluding hydrogens is 533 g/mol. The number of imide groups is 1. The molecule has 1 heterocycles. The average molecular weight is 549 g/mol. The van der Waals surface area contributed by atoms with Crippen molar-refractivity contribution < 1.29 is 23.9 Å². The topological polar surface area (TPSA) is 109 Å². The average Bonchev–Trinajstić information content (AvgIpc) is 3.01. The van der Waals surface area contributed by atoms with Gasteiger partial charge in [-0.15, -0.1) is 0 Å². The number of methoxy groups -OCH3 is 1. The van der Waals surface area contributed by atoms with E-state index >= 15 is 0 Å². The van der Waals surface area contributed by atoms with Crippen molar-refractivity contribution in [2.24, 2.45) is 0 Å². The maximum absolute atomic E-state index is 12.7. The molecule has 1 aliphatic rings. The van der Waals surface area contributed by atoms with Gasteiger partial charge < -0.3 is 14.8 Å². The second kappa shape index (κ2) is 10.3. The maximum Gasteiger partial charge on any atom is 0.294 e. The number of carbonyl (C=O) groups is 3. The number of nitrogens with zero attached hydrogens (tertiary/aromatic N) is 2. The van der Waals surface area contributed by atoms with E-state index in [1.165, 1.54) is 7.11 Å². The van der Waals surface area contributed by atoms with Crippen LogP contribution in [-0.4, -0.2) is 42.2 Å². The van der Waals surface area contributed by atoms with Gasteiger partial charge in [0, 0.05) is 9.26 Å². The number of rotatable bonds is 7. The molecule has 0 bridgehead atoms. The molecule has 158 valence electrons. The number of ether oxygens (including phenoxy) is 2. The molecule has 0 aromatic heterocycles. The highest BCUT2D eigenvalue weighted by atomic mass is 127. The van der Waals surface area contributed by atoms with E-state index in [0.29, 0.717) is 22.7 Å². The minimum Gasteiger partial charge on any atom is -0.493 e. The number of benzene rings is 2. The summed E-state index contributed by atoms with van der Waals surface area (Å²) >= 11 is 2.91. The summed E-state index contributed by atoms with van der Waals surface area (Å²) in [6, 6.07) is 13.9. The summed E-state index contributed by atoms with van der Waals surface area (Å²) in [5.41, 5.74) is 1.19. The SMILES string of the molecule is COc1cc(/C=C2\SC(=O)N(CC(=O)Nc3ccc(I)cc3)C2=O)ccc1OCC#N. The molecule has 3 rings (SSSR count). The minimum atomic E-state index is -0.545. The van der Waals surface area contributed by atoms with Gasteiger partial charge in [-0.05, 0) is 82.4 Å². The number of nitriles is 1. The van der Waals surface area contributed by atoms with Crippen LogP contribution in [0.5, 0.6) is 11.5 Å². The second-order valence-corrected chi connectivity index (χ2v) is 8.42. The van der Waals surface area contributed by atoms with E-state index in [4.69, 9.17) is 14.7 Å². The monoisotopic (exact) mass is 549 g/mol. The van der Waals surface area contributed by atoms with Gasteiger partial charge >= 0.3 is 0 Å². The first-order valence-electron chi connectivity index (χ1n) is 8.90. The van der Waals surface area contributed by atoms with Crippen molar-refractivity contribution in [3.63, 3.8) is 0 Å². The van der Waals surface area contributed by atoms with Crippen LogP contribution in [0, 0.1) is 14.9 Å². The standard InChI is InChI=1S/C21H16IN3O5S/c1-29-17-10-13(2-7-16(17)30-9-8-23)11-18-20(27)25(21(28)31-18)12-19(26)24-15-5-3-14(22)4-6-15/h2-7,10-11H,9,12H2,1H3,(H,24,26)/b18-11-. The minimum absolute atomic E-state index is 0.126. The lowest BCUT2D eigenvalue weighted by molar-refractivity contribution is -0.127. The van der Waals surface area contributed by atoms with E-state index in [-0.39, 0.29) is 18.1 Å². The molecule has 10 heteroatoms. The zero-order chi connectivity index (χ0) is 22.4. The van der Waals surface area contributed by atoms with E-state index in [2.05, 4.69) is 27.9 Å². The van der Waals surface area contributed by atoms with Gasteiger partial charge in [0.25, 0.3) is 11.1 Å². The van der Waals surface area contributed by atoms with Crippen LogP contribution in [0.2, 0.25) is 0 Å². The quantitative estimate of drug-likeness (QED) is 0.413. The van der Waals surface area contributed by atoms with Gasteiger partial charge in [0.1, 0.15) is 12.6 Å². The van der Waals surface area contributed by atoms with Crippen molar-refractivity contribution in [3.8, 4) is 17.6 Å². The Morgan fingerprint density at radius 2 is 1.97 bits per heavy atom. The van der Waals surface area contributed by atoms with Gasteiger partial charge in [0.2, 0.25) is 5.91 Å². The summed E-state index contributed by atoms with van der Waals surface area (Å²) in [5, 5.41) is 10.8. The molecule has 0 aliphatic carbocycles. The van der Waals surface area contributed by atoms with Crippen molar-refractivity contribution >= 4 is 63.2 Å². The van der Waals surface area contributed by atoms with Crippen LogP contribution in [0.1, 0.15) is 5.56 Å². The van der Waals surface area contributed by atoms with Crippen molar-refractivity contribution in [3.05, 3.63) is 56.5 Å². The van der Waals surface area contributed by atoms with E-state index in [1.54, 1.807) is 36.4 Å². The van der Waals surface area contributed by atoms with Crippen LogP contribution in [0.3, 0.4) is 0 Å². The van der Waals surface area contributed by atoms with Crippen molar-refractivity contribution in [1.82, 2.24) is 4.90 Å². The fraction of sp³-hybridized carbons (Fsp3) is 0.143. The first-order chi connectivity index (χ1) is 14.9. The first kappa shape index (κ1) is 22.6. The van der Waals surface area contributed by atoms with Crippen LogP contribution in [0.25, 0.3) is 6.08 Å². The summed E-state index contributed by atoms with van der Waals surface area (Å²) in [6.45, 7) is -0.503. The van der Waals surface area contributed by atoms with E-state index in [1.807, 2.05) is 18.2 Å². The largest absolute Gasteiger partial charge is 0.493 e. The summed E-state index contributed by atoms with van der Waals surface area (Å²) in [4.78, 5) is 38.3. The number of halogens is 1. The Bertz CT molecular complexity index is 1100. The molecule has 0 unspecified atom stereocenters. The lowest BCUT2D eigenvalue weighted by Gasteiger charge is -2.12. The fourth-order valence-corrected chi connectivity index (χ4v) is 3.87. The number of thioether (sulfide) groups is 1. The second-order valence-electron chi connectivity index (χ2n) is 6.18. The predicted octanol–water partition coefficient (Wildman–Crippen LogP) is 3.88. The molecule has 1 aliphatic heterocycles. The lowest BCUT2D eigenvalue weighted by Crippen LogP contribution is -2.36. The van der Waals surface area contributed by atoms with E-state index in [0.717, 1.165) is 20.2 Å². The number of hydrogen-bond acceptors (Lipinski definition) is 7. The zero-order valence-electron chi connectivity index (χ0n) is 16.3.